The molecule has 0 amide bonds. The van der Waals surface area contributed by atoms with E-state index in [0.717, 1.165) is 0 Å². The van der Waals surface area contributed by atoms with Gasteiger partial charge < -0.3 is 0 Å². The van der Waals surface area contributed by atoms with Gasteiger partial charge in [-0.05, 0) is 18.8 Å². The van der Waals surface area contributed by atoms with Gasteiger partial charge in [0.25, 0.3) is 0 Å². The molecule has 0 aromatic rings. The zero-order valence-electron chi connectivity index (χ0n) is 8.15. The molecular formula is C8H13ClO4S2. The summed E-state index contributed by atoms with van der Waals surface area (Å²) in [5.74, 6) is -0.0841. The Morgan fingerprint density at radius 2 is 1.80 bits per heavy atom. The van der Waals surface area contributed by atoms with Gasteiger partial charge in [-0.15, -0.1) is 0 Å². The van der Waals surface area contributed by atoms with E-state index in [-0.39, 0.29) is 23.2 Å². The van der Waals surface area contributed by atoms with Crippen LogP contribution in [-0.4, -0.2) is 34.1 Å². The van der Waals surface area contributed by atoms with E-state index in [1.54, 1.807) is 0 Å². The summed E-state index contributed by atoms with van der Waals surface area (Å²) in [7, 11) is -1.40. The Morgan fingerprint density at radius 3 is 2.20 bits per heavy atom. The lowest BCUT2D eigenvalue weighted by atomic mass is 9.96. The molecule has 1 saturated heterocycles. The van der Waals surface area contributed by atoms with E-state index in [4.69, 9.17) is 10.7 Å². The molecule has 15 heavy (non-hydrogen) atoms. The second kappa shape index (κ2) is 4.43. The van der Waals surface area contributed by atoms with E-state index >= 15 is 0 Å². The van der Waals surface area contributed by atoms with Crippen LogP contribution in [0, 0.1) is 5.92 Å². The summed E-state index contributed by atoms with van der Waals surface area (Å²) in [6.07, 6.45) is 0.904. The van der Waals surface area contributed by atoms with Crippen molar-refractivity contribution in [1.29, 1.82) is 0 Å². The number of halogens is 1. The molecule has 1 fully saturated rings. The maximum atomic E-state index is 11.1. The first kappa shape index (κ1) is 13.0. The van der Waals surface area contributed by atoms with Gasteiger partial charge in [0.15, 0.2) is 0 Å². The molecule has 0 atom stereocenters. The smallest absolute Gasteiger partial charge is 0.229 e. The van der Waals surface area contributed by atoms with Crippen LogP contribution in [0.2, 0.25) is 0 Å². The van der Waals surface area contributed by atoms with E-state index in [9.17, 15) is 16.8 Å². The first-order chi connectivity index (χ1) is 6.70. The number of hydrogen-bond donors (Lipinski definition) is 0. The largest absolute Gasteiger partial charge is 0.236 e. The molecule has 1 aliphatic rings. The van der Waals surface area contributed by atoms with Crippen LogP contribution < -0.4 is 0 Å². The van der Waals surface area contributed by atoms with E-state index in [0.29, 0.717) is 18.4 Å². The van der Waals surface area contributed by atoms with Crippen molar-refractivity contribution in [2.75, 3.05) is 17.3 Å². The minimum Gasteiger partial charge on any atom is -0.229 e. The molecule has 0 unspecified atom stereocenters. The van der Waals surface area contributed by atoms with E-state index in [2.05, 4.69) is 6.58 Å². The van der Waals surface area contributed by atoms with Crippen molar-refractivity contribution in [3.63, 3.8) is 0 Å². The summed E-state index contributed by atoms with van der Waals surface area (Å²) >= 11 is 0. The first-order valence-corrected chi connectivity index (χ1v) is 8.80. The predicted octanol–water partition coefficient (Wildman–Crippen LogP) is 0.936. The van der Waals surface area contributed by atoms with Gasteiger partial charge in [0, 0.05) is 10.7 Å². The SMILES string of the molecule is C=C(CS(=O)(=O)Cl)C1CCS(=O)(=O)CC1. The van der Waals surface area contributed by atoms with Crippen molar-refractivity contribution >= 4 is 29.6 Å². The summed E-state index contributed by atoms with van der Waals surface area (Å²) in [6, 6.07) is 0. The highest BCUT2D eigenvalue weighted by Gasteiger charge is 2.26. The van der Waals surface area contributed by atoms with Crippen molar-refractivity contribution < 1.29 is 16.8 Å². The monoisotopic (exact) mass is 272 g/mol. The van der Waals surface area contributed by atoms with Gasteiger partial charge >= 0.3 is 0 Å². The van der Waals surface area contributed by atoms with Crippen LogP contribution in [0.1, 0.15) is 12.8 Å². The van der Waals surface area contributed by atoms with Crippen molar-refractivity contribution in [3.8, 4) is 0 Å². The maximum Gasteiger partial charge on any atom is 0.236 e. The fourth-order valence-corrected chi connectivity index (χ4v) is 4.23. The molecule has 0 saturated carbocycles. The van der Waals surface area contributed by atoms with Gasteiger partial charge in [0.2, 0.25) is 9.05 Å². The van der Waals surface area contributed by atoms with Crippen LogP contribution in [0.15, 0.2) is 12.2 Å². The lowest BCUT2D eigenvalue weighted by molar-refractivity contribution is 0.518. The molecule has 88 valence electrons. The molecule has 7 heteroatoms. The number of rotatable bonds is 3. The summed E-state index contributed by atoms with van der Waals surface area (Å²) < 4.78 is 43.9. The van der Waals surface area contributed by atoms with Crippen LogP contribution >= 0.6 is 10.7 Å². The average Bonchev–Trinajstić information content (AvgIpc) is 2.00. The molecule has 1 heterocycles. The molecule has 0 N–H and O–H groups in total. The van der Waals surface area contributed by atoms with E-state index < -0.39 is 18.9 Å². The Hall–Kier alpha value is -0.0700. The number of hydrogen-bond acceptors (Lipinski definition) is 4. The summed E-state index contributed by atoms with van der Waals surface area (Å²) in [5, 5.41) is 0. The minimum atomic E-state index is -3.58. The molecule has 0 aromatic carbocycles. The fraction of sp³-hybridized carbons (Fsp3) is 0.750. The van der Waals surface area contributed by atoms with Crippen LogP contribution in [-0.2, 0) is 18.9 Å². The first-order valence-electron chi connectivity index (χ1n) is 4.50. The molecule has 0 bridgehead atoms. The molecule has 4 nitrogen and oxygen atoms in total. The Balaban J connectivity index is 2.58. The molecule has 0 aliphatic carbocycles. The molecule has 0 aromatic heterocycles. The van der Waals surface area contributed by atoms with Gasteiger partial charge in [-0.3, -0.25) is 0 Å². The summed E-state index contributed by atoms with van der Waals surface area (Å²) in [5.41, 5.74) is 0.514. The van der Waals surface area contributed by atoms with Gasteiger partial charge in [0.05, 0.1) is 17.3 Å². The second-order valence-electron chi connectivity index (χ2n) is 3.77. The Bertz CT molecular complexity index is 435. The van der Waals surface area contributed by atoms with Crippen LogP contribution in [0.25, 0.3) is 0 Å². The van der Waals surface area contributed by atoms with Gasteiger partial charge in [-0.25, -0.2) is 16.8 Å². The van der Waals surface area contributed by atoms with Crippen molar-refractivity contribution in [1.82, 2.24) is 0 Å². The Morgan fingerprint density at radius 1 is 1.33 bits per heavy atom. The van der Waals surface area contributed by atoms with Crippen molar-refractivity contribution in [3.05, 3.63) is 12.2 Å². The highest BCUT2D eigenvalue weighted by Crippen LogP contribution is 2.26. The summed E-state index contributed by atoms with van der Waals surface area (Å²) in [4.78, 5) is 0. The zero-order chi connectivity index (χ0) is 11.7. The maximum absolute atomic E-state index is 11.1. The van der Waals surface area contributed by atoms with Crippen molar-refractivity contribution in [2.45, 2.75) is 12.8 Å². The molecular weight excluding hydrogens is 260 g/mol. The van der Waals surface area contributed by atoms with Crippen LogP contribution in [0.5, 0.6) is 0 Å². The fourth-order valence-electron chi connectivity index (χ4n) is 1.64. The molecule has 1 rings (SSSR count). The quantitative estimate of drug-likeness (QED) is 0.566. The Labute approximate surface area is 94.7 Å². The minimum absolute atomic E-state index is 0.0398. The van der Waals surface area contributed by atoms with Gasteiger partial charge in [-0.1, -0.05) is 12.2 Å². The van der Waals surface area contributed by atoms with E-state index in [1.165, 1.54) is 0 Å². The lowest BCUT2D eigenvalue weighted by Crippen LogP contribution is -2.25. The van der Waals surface area contributed by atoms with Crippen LogP contribution in [0.3, 0.4) is 0 Å². The lowest BCUT2D eigenvalue weighted by Gasteiger charge is -2.23. The second-order valence-corrected chi connectivity index (χ2v) is 8.85. The highest BCUT2D eigenvalue weighted by atomic mass is 35.7. The molecule has 0 radical (unpaired) electrons. The predicted molar refractivity (Wildman–Crippen MR) is 60.2 cm³/mol. The standard InChI is InChI=1S/C8H13ClO4S2/c1-7(6-15(9,12)13)8-2-4-14(10,11)5-3-8/h8H,1-6H2. The third kappa shape index (κ3) is 4.53. The normalized spacial score (nSPS) is 22.5. The highest BCUT2D eigenvalue weighted by molar-refractivity contribution is 8.13. The van der Waals surface area contributed by atoms with Crippen molar-refractivity contribution in [2.24, 2.45) is 5.92 Å². The third-order valence-electron chi connectivity index (χ3n) is 2.49. The van der Waals surface area contributed by atoms with Crippen LogP contribution in [0.4, 0.5) is 0 Å². The topological polar surface area (TPSA) is 68.3 Å². The molecule has 0 spiro atoms. The number of sulfone groups is 1. The van der Waals surface area contributed by atoms with E-state index in [1.807, 2.05) is 0 Å². The summed E-state index contributed by atoms with van der Waals surface area (Å²) in [6.45, 7) is 3.65. The zero-order valence-corrected chi connectivity index (χ0v) is 10.5. The molecule has 1 aliphatic heterocycles. The Kier molecular flexibility index (Phi) is 3.84. The van der Waals surface area contributed by atoms with Gasteiger partial charge in [-0.2, -0.15) is 0 Å². The average molecular weight is 273 g/mol. The van der Waals surface area contributed by atoms with Gasteiger partial charge in [0.1, 0.15) is 9.84 Å². The third-order valence-corrected chi connectivity index (χ3v) is 5.25.